The van der Waals surface area contributed by atoms with Crippen LogP contribution in [0.3, 0.4) is 0 Å². The van der Waals surface area contributed by atoms with Crippen LogP contribution >= 0.6 is 0 Å². The lowest BCUT2D eigenvalue weighted by Gasteiger charge is -2.32. The van der Waals surface area contributed by atoms with Crippen LogP contribution in [-0.4, -0.2) is 51.8 Å². The number of anilines is 1. The molecule has 3 rings (SSSR count). The van der Waals surface area contributed by atoms with Gasteiger partial charge < -0.3 is 15.5 Å². The lowest BCUT2D eigenvalue weighted by Crippen LogP contribution is -2.37. The van der Waals surface area contributed by atoms with Gasteiger partial charge in [0.15, 0.2) is 9.84 Å². The van der Waals surface area contributed by atoms with Crippen LogP contribution in [0.15, 0.2) is 53.4 Å². The normalized spacial score (nSPS) is 15.5. The molecule has 2 amide bonds. The molecular formula is C23H30FN3O3S. The molecule has 168 valence electrons. The van der Waals surface area contributed by atoms with Crippen LogP contribution in [0.4, 0.5) is 14.9 Å². The van der Waals surface area contributed by atoms with Gasteiger partial charge in [0.25, 0.3) is 0 Å². The number of carbonyl (C=O) groups excluding carboxylic acids is 1. The molecule has 2 N–H and O–H groups in total. The highest BCUT2D eigenvalue weighted by Crippen LogP contribution is 2.22. The Morgan fingerprint density at radius 1 is 1.06 bits per heavy atom. The molecule has 1 aliphatic heterocycles. The van der Waals surface area contributed by atoms with Gasteiger partial charge >= 0.3 is 6.03 Å². The van der Waals surface area contributed by atoms with E-state index in [0.717, 1.165) is 51.6 Å². The van der Waals surface area contributed by atoms with Crippen LogP contribution in [0.2, 0.25) is 0 Å². The van der Waals surface area contributed by atoms with Crippen LogP contribution in [0.25, 0.3) is 0 Å². The van der Waals surface area contributed by atoms with Crippen molar-refractivity contribution in [2.45, 2.75) is 30.6 Å². The molecule has 0 atom stereocenters. The Labute approximate surface area is 183 Å². The van der Waals surface area contributed by atoms with E-state index in [9.17, 15) is 17.6 Å². The number of sulfone groups is 1. The lowest BCUT2D eigenvalue weighted by molar-refractivity contribution is 0.182. The Balaban J connectivity index is 1.29. The summed E-state index contributed by atoms with van der Waals surface area (Å²) in [5.74, 6) is 0.449. The molecule has 1 saturated heterocycles. The summed E-state index contributed by atoms with van der Waals surface area (Å²) in [5.41, 5.74) is 1.74. The maximum absolute atomic E-state index is 13.0. The third-order valence-corrected chi connectivity index (χ3v) is 6.75. The van der Waals surface area contributed by atoms with Crippen LogP contribution in [0.5, 0.6) is 0 Å². The number of rotatable bonds is 8. The third-order valence-electron chi connectivity index (χ3n) is 5.62. The zero-order valence-corrected chi connectivity index (χ0v) is 18.6. The molecule has 0 aliphatic carbocycles. The molecule has 0 unspecified atom stereocenters. The monoisotopic (exact) mass is 447 g/mol. The Morgan fingerprint density at radius 2 is 1.71 bits per heavy atom. The van der Waals surface area contributed by atoms with Gasteiger partial charge in [-0.05, 0) is 93.2 Å². The number of urea groups is 1. The van der Waals surface area contributed by atoms with Crippen LogP contribution in [0, 0.1) is 11.7 Å². The fourth-order valence-corrected chi connectivity index (χ4v) is 4.46. The second-order valence-corrected chi connectivity index (χ2v) is 10.2. The molecule has 2 aromatic carbocycles. The topological polar surface area (TPSA) is 78.5 Å². The van der Waals surface area contributed by atoms with Crippen LogP contribution < -0.4 is 10.6 Å². The molecule has 0 aromatic heterocycles. The van der Waals surface area contributed by atoms with Gasteiger partial charge in [0.05, 0.1) is 4.90 Å². The Kier molecular flexibility index (Phi) is 8.03. The molecule has 2 aromatic rings. The maximum Gasteiger partial charge on any atom is 0.319 e. The minimum absolute atomic E-state index is 0.189. The fraction of sp³-hybridized carbons (Fsp3) is 0.435. The van der Waals surface area contributed by atoms with E-state index >= 15 is 0 Å². The van der Waals surface area contributed by atoms with Gasteiger partial charge in [0, 0.05) is 18.5 Å². The zero-order chi connectivity index (χ0) is 22.3. The van der Waals surface area contributed by atoms with Gasteiger partial charge in [-0.3, -0.25) is 0 Å². The first-order chi connectivity index (χ1) is 14.8. The zero-order valence-electron chi connectivity index (χ0n) is 17.8. The van der Waals surface area contributed by atoms with E-state index in [1.165, 1.54) is 29.8 Å². The first-order valence-electron chi connectivity index (χ1n) is 10.6. The number of halogens is 1. The van der Waals surface area contributed by atoms with Gasteiger partial charge in [-0.15, -0.1) is 0 Å². The van der Waals surface area contributed by atoms with Gasteiger partial charge in [0.2, 0.25) is 0 Å². The summed E-state index contributed by atoms with van der Waals surface area (Å²) in [6, 6.07) is 12.6. The van der Waals surface area contributed by atoms with E-state index < -0.39 is 9.84 Å². The van der Waals surface area contributed by atoms with E-state index in [1.54, 1.807) is 12.1 Å². The van der Waals surface area contributed by atoms with Crippen LogP contribution in [0.1, 0.15) is 24.8 Å². The minimum atomic E-state index is -3.24. The number of nitrogens with one attached hydrogen (secondary N) is 2. The standard InChI is InChI=1S/C23H30FN3O3S/c1-31(29,30)22-9-7-21(8-10-22)26-23(28)25-13-2-14-27-15-11-19(12-16-27)17-18-3-5-20(24)6-4-18/h3-10,19H,2,11-17H2,1H3,(H2,25,26,28). The summed E-state index contributed by atoms with van der Waals surface area (Å²) in [5, 5.41) is 5.55. The Hall–Kier alpha value is -2.45. The quantitative estimate of drug-likeness (QED) is 0.605. The molecule has 1 fully saturated rings. The molecule has 0 saturated carbocycles. The van der Waals surface area contributed by atoms with Crippen molar-refractivity contribution >= 4 is 21.6 Å². The number of piperidine rings is 1. The Bertz CT molecular complexity index is 955. The van der Waals surface area contributed by atoms with Crippen molar-refractivity contribution in [2.24, 2.45) is 5.92 Å². The SMILES string of the molecule is CS(=O)(=O)c1ccc(NC(=O)NCCCN2CCC(Cc3ccc(F)cc3)CC2)cc1. The maximum atomic E-state index is 13.0. The molecule has 0 bridgehead atoms. The smallest absolute Gasteiger partial charge is 0.319 e. The lowest BCUT2D eigenvalue weighted by atomic mass is 9.90. The van der Waals surface area contributed by atoms with Crippen molar-refractivity contribution in [3.05, 3.63) is 59.9 Å². The van der Waals surface area contributed by atoms with E-state index in [0.29, 0.717) is 18.2 Å². The van der Waals surface area contributed by atoms with Crippen molar-refractivity contribution in [1.29, 1.82) is 0 Å². The molecule has 8 heteroatoms. The predicted octanol–water partition coefficient (Wildman–Crippen LogP) is 3.70. The summed E-state index contributed by atoms with van der Waals surface area (Å²) in [6.07, 6.45) is 5.28. The molecule has 1 heterocycles. The third kappa shape index (κ3) is 7.63. The highest BCUT2D eigenvalue weighted by atomic mass is 32.2. The first kappa shape index (κ1) is 23.2. The molecule has 1 aliphatic rings. The highest BCUT2D eigenvalue weighted by molar-refractivity contribution is 7.90. The molecule has 6 nitrogen and oxygen atoms in total. The van der Waals surface area contributed by atoms with E-state index in [1.807, 2.05) is 12.1 Å². The highest BCUT2D eigenvalue weighted by Gasteiger charge is 2.19. The summed E-state index contributed by atoms with van der Waals surface area (Å²) < 4.78 is 36.0. The number of hydrogen-bond acceptors (Lipinski definition) is 4. The van der Waals surface area contributed by atoms with Crippen molar-refractivity contribution in [1.82, 2.24) is 10.2 Å². The van der Waals surface area contributed by atoms with E-state index in [4.69, 9.17) is 0 Å². The van der Waals surface area contributed by atoms with Gasteiger partial charge in [-0.1, -0.05) is 12.1 Å². The number of carbonyl (C=O) groups is 1. The number of likely N-dealkylation sites (tertiary alicyclic amines) is 1. The molecule has 0 spiro atoms. The van der Waals surface area contributed by atoms with Gasteiger partial charge in [-0.25, -0.2) is 17.6 Å². The number of hydrogen-bond donors (Lipinski definition) is 2. The number of nitrogens with zero attached hydrogens (tertiary/aromatic N) is 1. The van der Waals surface area contributed by atoms with Crippen molar-refractivity contribution < 1.29 is 17.6 Å². The fourth-order valence-electron chi connectivity index (χ4n) is 3.83. The average Bonchev–Trinajstić information content (AvgIpc) is 2.74. The molecular weight excluding hydrogens is 417 g/mol. The minimum Gasteiger partial charge on any atom is -0.338 e. The average molecular weight is 448 g/mol. The van der Waals surface area contributed by atoms with Crippen LogP contribution in [-0.2, 0) is 16.3 Å². The summed E-state index contributed by atoms with van der Waals surface area (Å²) >= 11 is 0. The van der Waals surface area contributed by atoms with E-state index in [-0.39, 0.29) is 16.7 Å². The van der Waals surface area contributed by atoms with Gasteiger partial charge in [-0.2, -0.15) is 0 Å². The molecule has 31 heavy (non-hydrogen) atoms. The second kappa shape index (κ2) is 10.7. The summed E-state index contributed by atoms with van der Waals surface area (Å²) in [4.78, 5) is 14.6. The second-order valence-electron chi connectivity index (χ2n) is 8.15. The van der Waals surface area contributed by atoms with Crippen molar-refractivity contribution in [3.63, 3.8) is 0 Å². The van der Waals surface area contributed by atoms with Crippen molar-refractivity contribution in [3.8, 4) is 0 Å². The largest absolute Gasteiger partial charge is 0.338 e. The summed E-state index contributed by atoms with van der Waals surface area (Å²) in [6.45, 7) is 3.60. The number of benzene rings is 2. The van der Waals surface area contributed by atoms with E-state index in [2.05, 4.69) is 15.5 Å². The van der Waals surface area contributed by atoms with Crippen molar-refractivity contribution in [2.75, 3.05) is 37.8 Å². The predicted molar refractivity (Wildman–Crippen MR) is 120 cm³/mol. The summed E-state index contributed by atoms with van der Waals surface area (Å²) in [7, 11) is -3.24. The Morgan fingerprint density at radius 3 is 2.32 bits per heavy atom. The number of amides is 2. The molecule has 0 radical (unpaired) electrons. The first-order valence-corrected chi connectivity index (χ1v) is 12.5. The van der Waals surface area contributed by atoms with Gasteiger partial charge in [0.1, 0.15) is 5.82 Å².